The van der Waals surface area contributed by atoms with Gasteiger partial charge in [0, 0.05) is 11.1 Å². The Kier molecular flexibility index (Phi) is 12.2. The molecule has 3 aromatic rings. The number of hydrogen-bond acceptors (Lipinski definition) is 3. The molecule has 1 aliphatic heterocycles. The Bertz CT molecular complexity index is 1350. The van der Waals surface area contributed by atoms with Crippen molar-refractivity contribution in [2.75, 3.05) is 13.2 Å². The summed E-state index contributed by atoms with van der Waals surface area (Å²) in [6.07, 6.45) is 4.90. The quantitative estimate of drug-likeness (QED) is 0.125. The van der Waals surface area contributed by atoms with Gasteiger partial charge in [0.2, 0.25) is 5.82 Å². The third kappa shape index (κ3) is 8.36. The first-order valence-corrected chi connectivity index (χ1v) is 15.5. The van der Waals surface area contributed by atoms with Crippen molar-refractivity contribution in [1.82, 2.24) is 0 Å². The first kappa shape index (κ1) is 33.8. The number of alkyl halides is 2. The monoisotopic (exact) mass is 622 g/mol. The average molecular weight is 623 g/mol. The van der Waals surface area contributed by atoms with E-state index in [1.54, 1.807) is 6.92 Å². The number of unbranched alkanes of at least 4 members (excludes halogenated alkanes) is 6. The Labute approximate surface area is 255 Å². The smallest absolute Gasteiger partial charge is 0.388 e. The fourth-order valence-corrected chi connectivity index (χ4v) is 5.57. The Hall–Kier alpha value is -3.04. The normalized spacial score (nSPS) is 17.2. The van der Waals surface area contributed by atoms with Crippen LogP contribution >= 0.6 is 0 Å². The SMILES string of the molecule is CCCCCCCCCC1CCC(OC(F)(F)c2ccc(-c3ccc(-c4ccc(OCC)c(F)c4F)cc3)c(F)c2F)OC1. The van der Waals surface area contributed by atoms with Crippen molar-refractivity contribution in [3.05, 3.63) is 77.4 Å². The molecule has 0 aromatic heterocycles. The summed E-state index contributed by atoms with van der Waals surface area (Å²) in [5.41, 5.74) is -1.10. The molecule has 1 saturated heterocycles. The van der Waals surface area contributed by atoms with Crippen LogP contribution in [0.15, 0.2) is 48.5 Å². The first-order valence-electron chi connectivity index (χ1n) is 15.5. The second-order valence-electron chi connectivity index (χ2n) is 11.3. The standard InChI is InChI=1S/C35H40F6O3/c1-3-5-6-7-8-9-10-11-23-12-21-30(43-22-23)44-35(40,41)28-19-17-26(31(36)33(28)38)24-13-15-25(16-14-24)27-18-20-29(42-4-2)34(39)32(27)37/h13-20,23,30H,3-12,21-22H2,1-2H3. The number of rotatable bonds is 15. The highest BCUT2D eigenvalue weighted by Gasteiger charge is 2.41. The van der Waals surface area contributed by atoms with E-state index in [1.165, 1.54) is 68.5 Å². The van der Waals surface area contributed by atoms with Crippen molar-refractivity contribution in [3.8, 4) is 28.0 Å². The molecule has 240 valence electrons. The van der Waals surface area contributed by atoms with Crippen LogP contribution in [0.2, 0.25) is 0 Å². The summed E-state index contributed by atoms with van der Waals surface area (Å²) < 4.78 is 104. The Balaban J connectivity index is 1.36. The maximum absolute atomic E-state index is 15.1. The Morgan fingerprint density at radius 2 is 1.30 bits per heavy atom. The van der Waals surface area contributed by atoms with E-state index in [0.717, 1.165) is 31.4 Å². The van der Waals surface area contributed by atoms with E-state index in [2.05, 4.69) is 6.92 Å². The minimum Gasteiger partial charge on any atom is -0.491 e. The molecule has 44 heavy (non-hydrogen) atoms. The van der Waals surface area contributed by atoms with E-state index in [9.17, 15) is 22.0 Å². The lowest BCUT2D eigenvalue weighted by Crippen LogP contribution is -2.34. The van der Waals surface area contributed by atoms with Crippen LogP contribution in [0, 0.1) is 29.2 Å². The van der Waals surface area contributed by atoms with Gasteiger partial charge in [0.05, 0.1) is 18.8 Å². The van der Waals surface area contributed by atoms with Gasteiger partial charge in [0.15, 0.2) is 29.5 Å². The minimum absolute atomic E-state index is 0.0506. The van der Waals surface area contributed by atoms with Crippen LogP contribution in [0.3, 0.4) is 0 Å². The summed E-state index contributed by atoms with van der Waals surface area (Å²) in [4.78, 5) is 0. The van der Waals surface area contributed by atoms with Crippen molar-refractivity contribution in [2.24, 2.45) is 5.92 Å². The molecule has 4 rings (SSSR count). The van der Waals surface area contributed by atoms with Crippen LogP contribution in [0.25, 0.3) is 22.3 Å². The summed E-state index contributed by atoms with van der Waals surface area (Å²) in [6, 6.07) is 10.0. The largest absolute Gasteiger partial charge is 0.491 e. The van der Waals surface area contributed by atoms with Gasteiger partial charge in [-0.3, -0.25) is 4.74 Å². The lowest BCUT2D eigenvalue weighted by atomic mass is 9.94. The predicted octanol–water partition coefficient (Wildman–Crippen LogP) is 10.9. The molecule has 2 atom stereocenters. The summed E-state index contributed by atoms with van der Waals surface area (Å²) in [5, 5.41) is 0. The molecule has 2 unspecified atom stereocenters. The van der Waals surface area contributed by atoms with E-state index in [4.69, 9.17) is 14.2 Å². The van der Waals surface area contributed by atoms with E-state index < -0.39 is 41.2 Å². The molecule has 0 aliphatic carbocycles. The fourth-order valence-electron chi connectivity index (χ4n) is 5.57. The highest BCUT2D eigenvalue weighted by Crippen LogP contribution is 2.39. The topological polar surface area (TPSA) is 27.7 Å². The Morgan fingerprint density at radius 3 is 1.89 bits per heavy atom. The van der Waals surface area contributed by atoms with Crippen LogP contribution in [0.5, 0.6) is 5.75 Å². The zero-order chi connectivity index (χ0) is 31.7. The molecule has 1 fully saturated rings. The number of ether oxygens (including phenoxy) is 3. The summed E-state index contributed by atoms with van der Waals surface area (Å²) >= 11 is 0. The molecule has 1 aliphatic rings. The van der Waals surface area contributed by atoms with Gasteiger partial charge < -0.3 is 9.47 Å². The van der Waals surface area contributed by atoms with E-state index in [1.807, 2.05) is 0 Å². The average Bonchev–Trinajstić information content (AvgIpc) is 3.01. The van der Waals surface area contributed by atoms with Crippen molar-refractivity contribution in [1.29, 1.82) is 0 Å². The molecule has 0 bridgehead atoms. The second-order valence-corrected chi connectivity index (χ2v) is 11.3. The van der Waals surface area contributed by atoms with Crippen LogP contribution in [-0.2, 0) is 15.6 Å². The van der Waals surface area contributed by atoms with E-state index >= 15 is 4.39 Å². The molecule has 0 spiro atoms. The molecule has 9 heteroatoms. The maximum Gasteiger partial charge on any atom is 0.388 e. The van der Waals surface area contributed by atoms with Gasteiger partial charge in [-0.15, -0.1) is 0 Å². The predicted molar refractivity (Wildman–Crippen MR) is 158 cm³/mol. The molecule has 1 heterocycles. The zero-order valence-corrected chi connectivity index (χ0v) is 25.3. The molecule has 3 aromatic carbocycles. The lowest BCUT2D eigenvalue weighted by Gasteiger charge is -2.31. The highest BCUT2D eigenvalue weighted by atomic mass is 19.3. The van der Waals surface area contributed by atoms with Crippen molar-refractivity contribution in [3.63, 3.8) is 0 Å². The van der Waals surface area contributed by atoms with Crippen molar-refractivity contribution >= 4 is 0 Å². The van der Waals surface area contributed by atoms with Gasteiger partial charge in [0.1, 0.15) is 0 Å². The van der Waals surface area contributed by atoms with E-state index in [0.29, 0.717) is 6.42 Å². The number of halogens is 6. The van der Waals surface area contributed by atoms with Crippen molar-refractivity contribution in [2.45, 2.75) is 90.5 Å². The van der Waals surface area contributed by atoms with Crippen LogP contribution in [0.4, 0.5) is 26.3 Å². The lowest BCUT2D eigenvalue weighted by molar-refractivity contribution is -0.335. The Morgan fingerprint density at radius 1 is 0.705 bits per heavy atom. The molecule has 0 saturated carbocycles. The molecule has 0 radical (unpaired) electrons. The van der Waals surface area contributed by atoms with Gasteiger partial charge >= 0.3 is 6.11 Å². The molecular weight excluding hydrogens is 582 g/mol. The second kappa shape index (κ2) is 15.8. The van der Waals surface area contributed by atoms with Gasteiger partial charge in [-0.2, -0.15) is 13.2 Å². The van der Waals surface area contributed by atoms with Gasteiger partial charge in [-0.05, 0) is 61.4 Å². The third-order valence-corrected chi connectivity index (χ3v) is 8.07. The van der Waals surface area contributed by atoms with E-state index in [-0.39, 0.29) is 53.6 Å². The van der Waals surface area contributed by atoms with Gasteiger partial charge in [-0.1, -0.05) is 82.2 Å². The summed E-state index contributed by atoms with van der Waals surface area (Å²) in [7, 11) is 0. The molecular formula is C35H40F6O3. The summed E-state index contributed by atoms with van der Waals surface area (Å²) in [6.45, 7) is 4.28. The van der Waals surface area contributed by atoms with Gasteiger partial charge in [-0.25, -0.2) is 13.2 Å². The fraction of sp³-hybridized carbons (Fsp3) is 0.486. The molecule has 0 amide bonds. The van der Waals surface area contributed by atoms with Crippen LogP contribution in [0.1, 0.15) is 83.6 Å². The molecule has 3 nitrogen and oxygen atoms in total. The summed E-state index contributed by atoms with van der Waals surface area (Å²) in [5.74, 6) is -5.41. The highest BCUT2D eigenvalue weighted by molar-refractivity contribution is 5.71. The van der Waals surface area contributed by atoms with Crippen LogP contribution < -0.4 is 4.74 Å². The maximum atomic E-state index is 15.1. The van der Waals surface area contributed by atoms with Crippen molar-refractivity contribution < 1.29 is 40.6 Å². The zero-order valence-electron chi connectivity index (χ0n) is 25.3. The minimum atomic E-state index is -4.11. The number of hydrogen-bond donors (Lipinski definition) is 0. The molecule has 0 N–H and O–H groups in total. The van der Waals surface area contributed by atoms with Crippen LogP contribution in [-0.4, -0.2) is 19.5 Å². The first-order chi connectivity index (χ1) is 21.2. The third-order valence-electron chi connectivity index (χ3n) is 8.07. The van der Waals surface area contributed by atoms with Gasteiger partial charge in [0.25, 0.3) is 0 Å². The number of benzene rings is 3.